The van der Waals surface area contributed by atoms with Crippen molar-refractivity contribution >= 4 is 41.4 Å². The van der Waals surface area contributed by atoms with E-state index < -0.39 is 36.2 Å². The van der Waals surface area contributed by atoms with Gasteiger partial charge in [-0.2, -0.15) is 0 Å². The van der Waals surface area contributed by atoms with Gasteiger partial charge in [0.15, 0.2) is 12.2 Å². The average molecular weight is 348 g/mol. The normalized spacial score (nSPS) is 18.1. The summed E-state index contributed by atoms with van der Waals surface area (Å²) in [6.07, 6.45) is -0.681. The first-order valence-corrected chi connectivity index (χ1v) is 8.75. The van der Waals surface area contributed by atoms with Crippen LogP contribution in [0.4, 0.5) is 0 Å². The van der Waals surface area contributed by atoms with E-state index in [4.69, 9.17) is 14.2 Å². The Morgan fingerprint density at radius 2 is 1.45 bits per heavy atom. The highest BCUT2D eigenvalue weighted by atomic mass is 32.2. The molecular formula is C14H20O6S2. The summed E-state index contributed by atoms with van der Waals surface area (Å²) in [4.78, 5) is 33.8. The van der Waals surface area contributed by atoms with Gasteiger partial charge in [-0.25, -0.2) is 0 Å². The smallest absolute Gasteiger partial charge is 0.303 e. The van der Waals surface area contributed by atoms with Crippen molar-refractivity contribution in [3.8, 4) is 0 Å². The van der Waals surface area contributed by atoms with Gasteiger partial charge in [0.2, 0.25) is 0 Å². The van der Waals surface area contributed by atoms with E-state index in [1.165, 1.54) is 20.8 Å². The maximum absolute atomic E-state index is 11.3. The van der Waals surface area contributed by atoms with Gasteiger partial charge in [-0.15, -0.1) is 23.5 Å². The Hall–Kier alpha value is -1.15. The van der Waals surface area contributed by atoms with Crippen LogP contribution >= 0.6 is 23.5 Å². The second-order valence-corrected chi connectivity index (χ2v) is 7.18. The number of hydrogen-bond acceptors (Lipinski definition) is 8. The molecule has 1 aliphatic rings. The number of thioether (sulfide) groups is 2. The predicted molar refractivity (Wildman–Crippen MR) is 85.3 cm³/mol. The minimum Gasteiger partial charge on any atom is -0.459 e. The molecule has 1 fully saturated rings. The maximum Gasteiger partial charge on any atom is 0.303 e. The molecule has 0 saturated carbocycles. The predicted octanol–water partition coefficient (Wildman–Crippen LogP) is 2.12. The van der Waals surface area contributed by atoms with Crippen LogP contribution in [0, 0.1) is 0 Å². The third kappa shape index (κ3) is 6.74. The molecule has 124 valence electrons. The van der Waals surface area contributed by atoms with Crippen molar-refractivity contribution in [1.29, 1.82) is 0 Å². The largest absolute Gasteiger partial charge is 0.459 e. The van der Waals surface area contributed by atoms with Crippen LogP contribution in [0.25, 0.3) is 0 Å². The molecule has 0 N–H and O–H groups in total. The van der Waals surface area contributed by atoms with Crippen molar-refractivity contribution in [3.05, 3.63) is 10.3 Å². The molecule has 0 aromatic carbocycles. The third-order valence-electron chi connectivity index (χ3n) is 2.61. The molecule has 0 unspecified atom stereocenters. The summed E-state index contributed by atoms with van der Waals surface area (Å²) in [6, 6.07) is 0. The molecule has 8 heteroatoms. The van der Waals surface area contributed by atoms with Gasteiger partial charge in [0, 0.05) is 36.5 Å². The second kappa shape index (κ2) is 9.09. The maximum atomic E-state index is 11.3. The quantitative estimate of drug-likeness (QED) is 0.533. The van der Waals surface area contributed by atoms with Crippen molar-refractivity contribution in [1.82, 2.24) is 0 Å². The first kappa shape index (κ1) is 18.9. The second-order valence-electron chi connectivity index (χ2n) is 4.65. The topological polar surface area (TPSA) is 78.9 Å². The van der Waals surface area contributed by atoms with E-state index in [-0.39, 0.29) is 0 Å². The molecule has 0 aromatic rings. The summed E-state index contributed by atoms with van der Waals surface area (Å²) in [6.45, 7) is 5.40. The van der Waals surface area contributed by atoms with Crippen molar-refractivity contribution in [2.75, 3.05) is 11.5 Å². The molecule has 1 rings (SSSR count). The fourth-order valence-corrected chi connectivity index (χ4v) is 4.26. The zero-order valence-electron chi connectivity index (χ0n) is 13.0. The highest BCUT2D eigenvalue weighted by Gasteiger charge is 2.33. The molecule has 3 atom stereocenters. The minimum atomic E-state index is -0.889. The Labute approximate surface area is 138 Å². The monoisotopic (exact) mass is 348 g/mol. The van der Waals surface area contributed by atoms with Gasteiger partial charge < -0.3 is 14.2 Å². The number of esters is 3. The number of ether oxygens (including phenoxy) is 3. The van der Waals surface area contributed by atoms with Crippen LogP contribution < -0.4 is 0 Å². The van der Waals surface area contributed by atoms with Crippen LogP contribution in [0.3, 0.4) is 0 Å². The molecule has 0 spiro atoms. The van der Waals surface area contributed by atoms with Gasteiger partial charge in [-0.05, 0) is 13.0 Å². The third-order valence-corrected chi connectivity index (χ3v) is 5.24. The van der Waals surface area contributed by atoms with Crippen LogP contribution in [-0.4, -0.2) is 47.7 Å². The summed E-state index contributed by atoms with van der Waals surface area (Å²) in [5.41, 5.74) is 0. The number of carbonyl (C=O) groups excluding carboxylic acids is 3. The van der Waals surface area contributed by atoms with Crippen LogP contribution in [0.5, 0.6) is 0 Å². The summed E-state index contributed by atoms with van der Waals surface area (Å²) < 4.78 is 16.6. The first-order chi connectivity index (χ1) is 10.3. The summed E-state index contributed by atoms with van der Waals surface area (Å²) >= 11 is 3.29. The fourth-order valence-electron chi connectivity index (χ4n) is 1.89. The Balaban J connectivity index is 2.99. The molecule has 0 amide bonds. The van der Waals surface area contributed by atoms with Crippen LogP contribution in [0.15, 0.2) is 10.3 Å². The SMILES string of the molecule is CC(=O)O[C@@H]([C@H](C)OC(C)=O)[C@H](C=C1SCCS1)OC(C)=O. The summed E-state index contributed by atoms with van der Waals surface area (Å²) in [5, 5.41) is 0. The Bertz CT molecular complexity index is 454. The Kier molecular flexibility index (Phi) is 7.81. The molecule has 1 aliphatic heterocycles. The number of hydrogen-bond donors (Lipinski definition) is 0. The van der Waals surface area contributed by atoms with E-state index in [9.17, 15) is 14.4 Å². The first-order valence-electron chi connectivity index (χ1n) is 6.78. The van der Waals surface area contributed by atoms with E-state index >= 15 is 0 Å². The van der Waals surface area contributed by atoms with Gasteiger partial charge in [0.05, 0.1) is 0 Å². The molecule has 0 aromatic heterocycles. The van der Waals surface area contributed by atoms with E-state index in [2.05, 4.69) is 0 Å². The molecule has 0 bridgehead atoms. The average Bonchev–Trinajstić information content (AvgIpc) is 2.86. The summed E-state index contributed by atoms with van der Waals surface area (Å²) in [5.74, 6) is 0.416. The molecular weight excluding hydrogens is 328 g/mol. The lowest BCUT2D eigenvalue weighted by Crippen LogP contribution is -2.42. The lowest BCUT2D eigenvalue weighted by Gasteiger charge is -2.28. The van der Waals surface area contributed by atoms with Crippen LogP contribution in [0.2, 0.25) is 0 Å². The van der Waals surface area contributed by atoms with Crippen molar-refractivity contribution < 1.29 is 28.6 Å². The van der Waals surface area contributed by atoms with Crippen molar-refractivity contribution in [2.24, 2.45) is 0 Å². The summed E-state index contributed by atoms with van der Waals surface area (Å²) in [7, 11) is 0. The van der Waals surface area contributed by atoms with Crippen LogP contribution in [0.1, 0.15) is 27.7 Å². The van der Waals surface area contributed by atoms with Crippen LogP contribution in [-0.2, 0) is 28.6 Å². The molecule has 22 heavy (non-hydrogen) atoms. The molecule has 0 aliphatic carbocycles. The minimum absolute atomic E-state index is 0.497. The van der Waals surface area contributed by atoms with E-state index in [1.54, 1.807) is 36.5 Å². The van der Waals surface area contributed by atoms with E-state index in [1.807, 2.05) is 0 Å². The van der Waals surface area contributed by atoms with Gasteiger partial charge in [0.1, 0.15) is 6.10 Å². The molecule has 1 saturated heterocycles. The van der Waals surface area contributed by atoms with Gasteiger partial charge in [-0.3, -0.25) is 14.4 Å². The van der Waals surface area contributed by atoms with E-state index in [0.29, 0.717) is 0 Å². The highest BCUT2D eigenvalue weighted by molar-refractivity contribution is 8.25. The van der Waals surface area contributed by atoms with Gasteiger partial charge in [-0.1, -0.05) is 0 Å². The Morgan fingerprint density at radius 1 is 0.955 bits per heavy atom. The van der Waals surface area contributed by atoms with Crippen molar-refractivity contribution in [2.45, 2.75) is 46.0 Å². The molecule has 6 nitrogen and oxygen atoms in total. The Morgan fingerprint density at radius 3 is 1.91 bits per heavy atom. The molecule has 1 heterocycles. The van der Waals surface area contributed by atoms with Gasteiger partial charge >= 0.3 is 17.9 Å². The van der Waals surface area contributed by atoms with E-state index in [0.717, 1.165) is 15.7 Å². The van der Waals surface area contributed by atoms with Gasteiger partial charge in [0.25, 0.3) is 0 Å². The highest BCUT2D eigenvalue weighted by Crippen LogP contribution is 2.37. The lowest BCUT2D eigenvalue weighted by molar-refractivity contribution is -0.177. The number of rotatable bonds is 6. The fraction of sp³-hybridized carbons (Fsp3) is 0.643. The van der Waals surface area contributed by atoms with Crippen molar-refractivity contribution in [3.63, 3.8) is 0 Å². The zero-order valence-corrected chi connectivity index (χ0v) is 14.6. The lowest BCUT2D eigenvalue weighted by atomic mass is 10.1. The molecule has 0 radical (unpaired) electrons. The number of carbonyl (C=O) groups is 3. The zero-order chi connectivity index (χ0) is 16.7. The standard InChI is InChI=1S/C14H20O6S2/c1-8(18-9(2)15)14(20-11(4)17)12(19-10(3)16)7-13-21-5-6-22-13/h7-8,12,14H,5-6H2,1-4H3/t8-,12-,14-/m0/s1.